The Hall–Kier alpha value is -0.870. The first-order valence-corrected chi connectivity index (χ1v) is 14.3. The molecule has 4 fully saturated rings. The molecule has 4 nitrogen and oxygen atoms in total. The summed E-state index contributed by atoms with van der Waals surface area (Å²) in [6, 6.07) is 0. The van der Waals surface area contributed by atoms with E-state index in [1.54, 1.807) is 12.7 Å². The molecule has 0 aromatic carbocycles. The summed E-state index contributed by atoms with van der Waals surface area (Å²) in [5.74, 6) is 1.04. The molecule has 0 unspecified atom stereocenters. The topological polar surface area (TPSA) is 66.8 Å². The number of carbonyl (C=O) groups is 1. The van der Waals surface area contributed by atoms with Gasteiger partial charge in [0.15, 0.2) is 0 Å². The Bertz CT molecular complexity index is 929. The molecule has 0 spiro atoms. The first kappa shape index (κ1) is 25.8. The lowest BCUT2D eigenvalue weighted by atomic mass is 9.36. The van der Waals surface area contributed by atoms with E-state index in [1.165, 1.54) is 0 Å². The molecule has 2 N–H and O–H groups in total. The molecule has 9 atom stereocenters. The average Bonchev–Trinajstić information content (AvgIpc) is 3.03. The highest BCUT2D eigenvalue weighted by atomic mass is 16.5. The normalized spacial score (nSPS) is 50.8. The Morgan fingerprint density at radius 3 is 2.31 bits per heavy atom. The molecule has 5 aliphatic rings. The van der Waals surface area contributed by atoms with Gasteiger partial charge in [-0.2, -0.15) is 0 Å². The summed E-state index contributed by atoms with van der Waals surface area (Å²) < 4.78 is 5.47. The van der Waals surface area contributed by atoms with E-state index in [2.05, 4.69) is 40.7 Å². The second-order valence-electron chi connectivity index (χ2n) is 15.4. The zero-order valence-electron chi connectivity index (χ0n) is 23.5. The van der Waals surface area contributed by atoms with Gasteiger partial charge in [-0.15, -0.1) is 0 Å². The van der Waals surface area contributed by atoms with E-state index < -0.39 is 11.7 Å². The number of carbonyl (C=O) groups excluding carboxylic acids is 1. The maximum Gasteiger partial charge on any atom is 0.312 e. The highest BCUT2D eigenvalue weighted by Gasteiger charge is 2.70. The van der Waals surface area contributed by atoms with E-state index in [9.17, 15) is 15.0 Å². The molecule has 0 amide bonds. The second-order valence-corrected chi connectivity index (χ2v) is 15.4. The minimum absolute atomic E-state index is 0.0100. The van der Waals surface area contributed by atoms with Gasteiger partial charge in [0.2, 0.25) is 0 Å². The molecule has 0 radical (unpaired) electrons. The van der Waals surface area contributed by atoms with Crippen LogP contribution in [0.4, 0.5) is 0 Å². The third kappa shape index (κ3) is 3.27. The third-order valence-electron chi connectivity index (χ3n) is 12.9. The summed E-state index contributed by atoms with van der Waals surface area (Å²) in [5, 5.41) is 22.2. The zero-order chi connectivity index (χ0) is 25.8. The van der Waals surface area contributed by atoms with Crippen molar-refractivity contribution in [2.75, 3.05) is 7.11 Å². The molecule has 0 saturated heterocycles. The van der Waals surface area contributed by atoms with E-state index in [1.807, 2.05) is 13.8 Å². The lowest BCUT2D eigenvalue weighted by molar-refractivity contribution is -0.176. The summed E-state index contributed by atoms with van der Waals surface area (Å²) in [7, 11) is 1.57. The van der Waals surface area contributed by atoms with Crippen molar-refractivity contribution in [1.82, 2.24) is 0 Å². The van der Waals surface area contributed by atoms with Crippen molar-refractivity contribution in [3.63, 3.8) is 0 Å². The summed E-state index contributed by atoms with van der Waals surface area (Å²) >= 11 is 0. The number of aliphatic hydroxyl groups excluding tert-OH is 1. The average molecular weight is 487 g/mol. The Morgan fingerprint density at radius 2 is 1.69 bits per heavy atom. The van der Waals surface area contributed by atoms with Crippen molar-refractivity contribution in [3.8, 4) is 0 Å². The molecule has 198 valence electrons. The maximum absolute atomic E-state index is 13.3. The predicted octanol–water partition coefficient (Wildman–Crippen LogP) is 6.29. The van der Waals surface area contributed by atoms with Crippen LogP contribution in [0, 0.1) is 50.7 Å². The van der Waals surface area contributed by atoms with E-state index in [0.29, 0.717) is 11.8 Å². The first-order valence-electron chi connectivity index (χ1n) is 14.3. The quantitative estimate of drug-likeness (QED) is 0.355. The van der Waals surface area contributed by atoms with Gasteiger partial charge in [-0.3, -0.25) is 4.79 Å². The van der Waals surface area contributed by atoms with Crippen LogP contribution in [-0.2, 0) is 9.53 Å². The Morgan fingerprint density at radius 1 is 1.03 bits per heavy atom. The van der Waals surface area contributed by atoms with Crippen LogP contribution in [0.15, 0.2) is 11.6 Å². The fourth-order valence-electron chi connectivity index (χ4n) is 10.9. The van der Waals surface area contributed by atoms with Crippen molar-refractivity contribution in [2.45, 2.75) is 118 Å². The molecular formula is C31H50O4. The maximum atomic E-state index is 13.3. The Kier molecular flexibility index (Phi) is 5.59. The second kappa shape index (κ2) is 7.59. The summed E-state index contributed by atoms with van der Waals surface area (Å²) in [6.07, 6.45) is 11.1. The SMILES string of the molecule is COC(=O)[C@]12CCC(C)(C)C[C@H]1C1=CC[C@@H]3[C@@]4(C)C[C@H](O)[C@H](C(C)(C)O)[C@@H]4CC[C@@]3(C)[C@]1(C)CC2. The monoisotopic (exact) mass is 486 g/mol. The number of hydrogen-bond acceptors (Lipinski definition) is 4. The van der Waals surface area contributed by atoms with Crippen LogP contribution < -0.4 is 0 Å². The van der Waals surface area contributed by atoms with E-state index >= 15 is 0 Å². The van der Waals surface area contributed by atoms with Crippen molar-refractivity contribution in [1.29, 1.82) is 0 Å². The van der Waals surface area contributed by atoms with Gasteiger partial charge in [-0.05, 0) is 111 Å². The molecule has 5 rings (SSSR count). The molecule has 0 aliphatic heterocycles. The number of hydrogen-bond donors (Lipinski definition) is 2. The number of ether oxygens (including phenoxy) is 1. The van der Waals surface area contributed by atoms with Gasteiger partial charge in [0, 0.05) is 5.92 Å². The molecule has 35 heavy (non-hydrogen) atoms. The van der Waals surface area contributed by atoms with Crippen LogP contribution in [0.5, 0.6) is 0 Å². The number of esters is 1. The zero-order valence-corrected chi connectivity index (χ0v) is 23.5. The summed E-state index contributed by atoms with van der Waals surface area (Å²) in [5.41, 5.74) is 0.740. The number of fused-ring (bicyclic) bond motifs is 7. The summed E-state index contributed by atoms with van der Waals surface area (Å²) in [4.78, 5) is 13.3. The molecule has 0 heterocycles. The highest BCUT2D eigenvalue weighted by Crippen LogP contribution is 2.75. The number of allylic oxidation sites excluding steroid dienone is 2. The van der Waals surface area contributed by atoms with Gasteiger partial charge in [-0.25, -0.2) is 0 Å². The molecule has 5 aliphatic carbocycles. The number of methoxy groups -OCH3 is 1. The van der Waals surface area contributed by atoms with Gasteiger partial charge in [-0.1, -0.05) is 46.3 Å². The van der Waals surface area contributed by atoms with Crippen LogP contribution in [0.1, 0.15) is 106 Å². The third-order valence-corrected chi connectivity index (χ3v) is 12.9. The fraction of sp³-hybridized carbons (Fsp3) is 0.903. The number of aliphatic hydroxyl groups is 2. The van der Waals surface area contributed by atoms with E-state index in [4.69, 9.17) is 4.74 Å². The van der Waals surface area contributed by atoms with Crippen LogP contribution in [-0.4, -0.2) is 35.0 Å². The van der Waals surface area contributed by atoms with Crippen molar-refractivity contribution < 1.29 is 19.7 Å². The molecule has 4 saturated carbocycles. The van der Waals surface area contributed by atoms with Crippen LogP contribution in [0.3, 0.4) is 0 Å². The summed E-state index contributed by atoms with van der Waals surface area (Å²) in [6.45, 7) is 16.0. The van der Waals surface area contributed by atoms with Crippen LogP contribution in [0.2, 0.25) is 0 Å². The van der Waals surface area contributed by atoms with Crippen molar-refractivity contribution in [2.24, 2.45) is 50.7 Å². The minimum atomic E-state index is -0.867. The van der Waals surface area contributed by atoms with Gasteiger partial charge >= 0.3 is 5.97 Å². The van der Waals surface area contributed by atoms with Gasteiger partial charge in [0.1, 0.15) is 0 Å². The smallest absolute Gasteiger partial charge is 0.312 e. The molecule has 0 aromatic heterocycles. The Labute approximate surface area is 213 Å². The largest absolute Gasteiger partial charge is 0.469 e. The number of rotatable bonds is 2. The van der Waals surface area contributed by atoms with Gasteiger partial charge in [0.05, 0.1) is 24.2 Å². The predicted molar refractivity (Wildman–Crippen MR) is 138 cm³/mol. The van der Waals surface area contributed by atoms with Crippen LogP contribution in [0.25, 0.3) is 0 Å². The lowest BCUT2D eigenvalue weighted by Gasteiger charge is -2.68. The van der Waals surface area contributed by atoms with Gasteiger partial charge < -0.3 is 14.9 Å². The van der Waals surface area contributed by atoms with Crippen LogP contribution >= 0.6 is 0 Å². The van der Waals surface area contributed by atoms with Gasteiger partial charge in [0.25, 0.3) is 0 Å². The molecule has 0 bridgehead atoms. The van der Waals surface area contributed by atoms with E-state index in [-0.39, 0.29) is 44.9 Å². The van der Waals surface area contributed by atoms with Crippen molar-refractivity contribution >= 4 is 5.97 Å². The van der Waals surface area contributed by atoms with E-state index in [0.717, 1.165) is 57.8 Å². The lowest BCUT2D eigenvalue weighted by Crippen LogP contribution is -2.62. The standard InChI is InChI=1S/C31H50O4/c1-26(2)13-15-31(25(33)35-8)16-14-29(6)19(21(31)17-26)9-10-23-28(5)18-22(32)24(27(3,4)34)20(28)11-12-30(23,29)7/h9,20-24,32,34H,10-18H2,1-8H3/t20-,21-,22-,23+,24+,28-,29+,30+,31-/m0/s1. The van der Waals surface area contributed by atoms with Crippen molar-refractivity contribution in [3.05, 3.63) is 11.6 Å². The molecule has 0 aromatic rings. The Balaban J connectivity index is 1.59. The fourth-order valence-corrected chi connectivity index (χ4v) is 10.9. The minimum Gasteiger partial charge on any atom is -0.469 e. The molecule has 4 heteroatoms. The highest BCUT2D eigenvalue weighted by molar-refractivity contribution is 5.78. The first-order chi connectivity index (χ1) is 16.1. The molecular weight excluding hydrogens is 436 g/mol.